The first-order valence-corrected chi connectivity index (χ1v) is 6.85. The zero-order chi connectivity index (χ0) is 16.1. The van der Waals surface area contributed by atoms with E-state index in [2.05, 4.69) is 10.6 Å². The Morgan fingerprint density at radius 3 is 2.64 bits per heavy atom. The normalized spacial score (nSPS) is 20.4. The van der Waals surface area contributed by atoms with Crippen LogP contribution in [0.5, 0.6) is 0 Å². The molecule has 118 valence electrons. The summed E-state index contributed by atoms with van der Waals surface area (Å²) in [6.45, 7) is 0.269. The molecular weight excluding hydrogens is 288 g/mol. The van der Waals surface area contributed by atoms with Crippen molar-refractivity contribution in [2.45, 2.75) is 25.0 Å². The van der Waals surface area contributed by atoms with Gasteiger partial charge in [-0.25, -0.2) is 4.79 Å². The lowest BCUT2D eigenvalue weighted by atomic mass is 10.2. The summed E-state index contributed by atoms with van der Waals surface area (Å²) in [5, 5.41) is 5.23. The van der Waals surface area contributed by atoms with Crippen molar-refractivity contribution in [2.75, 3.05) is 11.9 Å². The molecule has 1 saturated heterocycles. The van der Waals surface area contributed by atoms with Gasteiger partial charge >= 0.3 is 6.03 Å². The van der Waals surface area contributed by atoms with Gasteiger partial charge in [0, 0.05) is 17.8 Å². The summed E-state index contributed by atoms with van der Waals surface area (Å²) in [4.78, 5) is 33.8. The molecule has 1 fully saturated rings. The van der Waals surface area contributed by atoms with Crippen LogP contribution >= 0.6 is 0 Å². The smallest absolute Gasteiger partial charge is 0.319 e. The Morgan fingerprint density at radius 1 is 1.23 bits per heavy atom. The molecule has 1 heterocycles. The van der Waals surface area contributed by atoms with Crippen molar-refractivity contribution in [3.05, 3.63) is 29.8 Å². The number of primary amides is 2. The Bertz CT molecular complexity index is 590. The molecule has 6 N–H and O–H groups in total. The molecule has 0 radical (unpaired) electrons. The quantitative estimate of drug-likeness (QED) is 0.605. The maximum atomic E-state index is 11.8. The van der Waals surface area contributed by atoms with Crippen LogP contribution in [0.3, 0.4) is 0 Å². The van der Waals surface area contributed by atoms with Gasteiger partial charge in [0.2, 0.25) is 11.8 Å². The highest BCUT2D eigenvalue weighted by Gasteiger charge is 2.29. The van der Waals surface area contributed by atoms with Crippen molar-refractivity contribution in [2.24, 2.45) is 11.5 Å². The zero-order valence-corrected chi connectivity index (χ0v) is 11.9. The average molecular weight is 306 g/mol. The molecule has 1 aromatic rings. The molecule has 1 aliphatic rings. The second kappa shape index (κ2) is 6.90. The third kappa shape index (κ3) is 4.19. The Balaban J connectivity index is 1.80. The van der Waals surface area contributed by atoms with Gasteiger partial charge in [-0.15, -0.1) is 0 Å². The second-order valence-corrected chi connectivity index (χ2v) is 5.01. The van der Waals surface area contributed by atoms with E-state index < -0.39 is 23.9 Å². The van der Waals surface area contributed by atoms with Crippen molar-refractivity contribution in [3.8, 4) is 0 Å². The Morgan fingerprint density at radius 2 is 2.00 bits per heavy atom. The summed E-state index contributed by atoms with van der Waals surface area (Å²) < 4.78 is 5.40. The van der Waals surface area contributed by atoms with Gasteiger partial charge in [0.25, 0.3) is 0 Å². The van der Waals surface area contributed by atoms with Crippen LogP contribution in [-0.4, -0.2) is 36.6 Å². The fourth-order valence-corrected chi connectivity index (χ4v) is 2.20. The highest BCUT2D eigenvalue weighted by atomic mass is 16.5. The third-order valence-electron chi connectivity index (χ3n) is 3.32. The molecule has 0 spiro atoms. The molecule has 4 amide bonds. The highest BCUT2D eigenvalue weighted by Crippen LogP contribution is 2.18. The largest absolute Gasteiger partial charge is 0.367 e. The maximum absolute atomic E-state index is 11.8. The minimum absolute atomic E-state index is 0.236. The monoisotopic (exact) mass is 306 g/mol. The molecule has 2 atom stereocenters. The van der Waals surface area contributed by atoms with Crippen LogP contribution < -0.4 is 22.1 Å². The van der Waals surface area contributed by atoms with Crippen molar-refractivity contribution >= 4 is 23.5 Å². The third-order valence-corrected chi connectivity index (χ3v) is 3.32. The molecule has 0 aromatic heterocycles. The van der Waals surface area contributed by atoms with Crippen LogP contribution in [0.25, 0.3) is 0 Å². The molecule has 8 nitrogen and oxygen atoms in total. The Hall–Kier alpha value is -2.61. The zero-order valence-electron chi connectivity index (χ0n) is 11.9. The first-order valence-electron chi connectivity index (χ1n) is 6.85. The van der Waals surface area contributed by atoms with Crippen molar-refractivity contribution in [3.63, 3.8) is 0 Å². The van der Waals surface area contributed by atoms with Crippen molar-refractivity contribution in [1.29, 1.82) is 0 Å². The van der Waals surface area contributed by atoms with Crippen LogP contribution in [0.4, 0.5) is 10.5 Å². The molecule has 2 unspecified atom stereocenters. The summed E-state index contributed by atoms with van der Waals surface area (Å²) >= 11 is 0. The number of carbonyl (C=O) groups is 3. The molecular formula is C14H18N4O4. The second-order valence-electron chi connectivity index (χ2n) is 5.01. The van der Waals surface area contributed by atoms with Gasteiger partial charge in [-0.1, -0.05) is 6.07 Å². The molecule has 8 heteroatoms. The predicted octanol–water partition coefficient (Wildman–Crippen LogP) is -0.0601. The van der Waals surface area contributed by atoms with Crippen LogP contribution in [-0.2, 0) is 9.53 Å². The van der Waals surface area contributed by atoms with E-state index in [-0.39, 0.29) is 12.6 Å². The van der Waals surface area contributed by atoms with E-state index in [4.69, 9.17) is 16.2 Å². The summed E-state index contributed by atoms with van der Waals surface area (Å²) in [7, 11) is 0. The summed E-state index contributed by atoms with van der Waals surface area (Å²) in [5.41, 5.74) is 11.1. The van der Waals surface area contributed by atoms with E-state index in [0.29, 0.717) is 24.1 Å². The summed E-state index contributed by atoms with van der Waals surface area (Å²) in [6.07, 6.45) is 0.400. The van der Waals surface area contributed by atoms with E-state index in [1.54, 1.807) is 18.2 Å². The van der Waals surface area contributed by atoms with Crippen LogP contribution in [0.1, 0.15) is 23.2 Å². The standard InChI is InChI=1S/C14H18N4O4/c15-12(19)8-2-1-3-9(6-8)18-14(21)17-7-10-4-5-11(22-10)13(16)20/h1-3,6,10-11H,4-5,7H2,(H2,15,19)(H2,16,20)(H2,17,18,21). The number of urea groups is 1. The molecule has 0 saturated carbocycles. The van der Waals surface area contributed by atoms with Gasteiger partial charge in [-0.2, -0.15) is 0 Å². The number of ether oxygens (including phenoxy) is 1. The van der Waals surface area contributed by atoms with Gasteiger partial charge in [-0.3, -0.25) is 9.59 Å². The fraction of sp³-hybridized carbons (Fsp3) is 0.357. The SMILES string of the molecule is NC(=O)c1cccc(NC(=O)NCC2CCC(C(N)=O)O2)c1. The molecule has 22 heavy (non-hydrogen) atoms. The van der Waals surface area contributed by atoms with E-state index in [1.165, 1.54) is 6.07 Å². The number of benzene rings is 1. The van der Waals surface area contributed by atoms with Crippen LogP contribution in [0.15, 0.2) is 24.3 Å². The fourth-order valence-electron chi connectivity index (χ4n) is 2.20. The molecule has 0 aliphatic carbocycles. The number of nitrogens with one attached hydrogen (secondary N) is 2. The number of nitrogens with two attached hydrogens (primary N) is 2. The van der Waals surface area contributed by atoms with E-state index in [0.717, 1.165) is 0 Å². The Labute approximate surface area is 127 Å². The lowest BCUT2D eigenvalue weighted by Gasteiger charge is -2.13. The summed E-state index contributed by atoms with van der Waals surface area (Å²) in [6, 6.07) is 5.86. The van der Waals surface area contributed by atoms with E-state index >= 15 is 0 Å². The number of carbonyl (C=O) groups excluding carboxylic acids is 3. The number of anilines is 1. The number of rotatable bonds is 5. The lowest BCUT2D eigenvalue weighted by Crippen LogP contribution is -2.36. The topological polar surface area (TPSA) is 137 Å². The predicted molar refractivity (Wildman–Crippen MR) is 79.1 cm³/mol. The Kier molecular flexibility index (Phi) is 4.95. The van der Waals surface area contributed by atoms with Crippen molar-refractivity contribution < 1.29 is 19.1 Å². The average Bonchev–Trinajstić information content (AvgIpc) is 2.94. The summed E-state index contributed by atoms with van der Waals surface area (Å²) in [5.74, 6) is -1.06. The van der Waals surface area contributed by atoms with E-state index in [1.807, 2.05) is 0 Å². The molecule has 1 aliphatic heterocycles. The first-order chi connectivity index (χ1) is 10.5. The maximum Gasteiger partial charge on any atom is 0.319 e. The first kappa shape index (κ1) is 15.8. The number of amides is 4. The molecule has 2 rings (SSSR count). The molecule has 0 bridgehead atoms. The van der Waals surface area contributed by atoms with E-state index in [9.17, 15) is 14.4 Å². The van der Waals surface area contributed by atoms with Gasteiger partial charge < -0.3 is 26.8 Å². The van der Waals surface area contributed by atoms with Crippen LogP contribution in [0.2, 0.25) is 0 Å². The van der Waals surface area contributed by atoms with Gasteiger partial charge in [-0.05, 0) is 31.0 Å². The highest BCUT2D eigenvalue weighted by molar-refractivity contribution is 5.95. The van der Waals surface area contributed by atoms with Crippen LogP contribution in [0, 0.1) is 0 Å². The van der Waals surface area contributed by atoms with Gasteiger partial charge in [0.1, 0.15) is 6.10 Å². The lowest BCUT2D eigenvalue weighted by molar-refractivity contribution is -0.128. The van der Waals surface area contributed by atoms with Gasteiger partial charge in [0.15, 0.2) is 0 Å². The number of hydrogen-bond acceptors (Lipinski definition) is 4. The van der Waals surface area contributed by atoms with Gasteiger partial charge in [0.05, 0.1) is 6.10 Å². The minimum Gasteiger partial charge on any atom is -0.367 e. The number of hydrogen-bond donors (Lipinski definition) is 4. The molecule has 1 aromatic carbocycles. The van der Waals surface area contributed by atoms with Crippen molar-refractivity contribution in [1.82, 2.24) is 5.32 Å². The minimum atomic E-state index is -0.581.